The van der Waals surface area contributed by atoms with Crippen LogP contribution in [0.4, 0.5) is 11.4 Å². The van der Waals surface area contributed by atoms with E-state index in [9.17, 15) is 10.1 Å². The van der Waals surface area contributed by atoms with Crippen molar-refractivity contribution in [3.05, 3.63) is 27.2 Å². The SMILES string of the molecule is COc1cc([N+](=O)[O-])c(OC)cc1[N+]#N. The van der Waals surface area contributed by atoms with E-state index < -0.39 is 4.92 Å². The Bertz CT molecular complexity index is 438. The normalized spacial score (nSPS) is 9.13. The van der Waals surface area contributed by atoms with Gasteiger partial charge < -0.3 is 9.47 Å². The molecule has 1 rings (SSSR count). The number of diazo groups is 1. The summed E-state index contributed by atoms with van der Waals surface area (Å²) < 4.78 is 9.59. The molecule has 0 heterocycles. The first kappa shape index (κ1) is 10.7. The third kappa shape index (κ3) is 1.94. The molecule has 0 aliphatic rings. The van der Waals surface area contributed by atoms with Crippen LogP contribution in [0.15, 0.2) is 12.1 Å². The third-order valence-electron chi connectivity index (χ3n) is 1.78. The molecule has 0 saturated heterocycles. The number of nitro benzene ring substituents is 1. The molecule has 1 aromatic rings. The summed E-state index contributed by atoms with van der Waals surface area (Å²) >= 11 is 0. The van der Waals surface area contributed by atoms with Crippen molar-refractivity contribution < 1.29 is 14.4 Å². The van der Waals surface area contributed by atoms with Gasteiger partial charge in [0.2, 0.25) is 16.9 Å². The molecule has 0 atom stereocenters. The summed E-state index contributed by atoms with van der Waals surface area (Å²) in [5.41, 5.74) is -0.179. The van der Waals surface area contributed by atoms with E-state index in [0.29, 0.717) is 0 Å². The zero-order valence-electron chi connectivity index (χ0n) is 8.13. The lowest BCUT2D eigenvalue weighted by molar-refractivity contribution is -0.385. The van der Waals surface area contributed by atoms with E-state index in [4.69, 9.17) is 14.9 Å². The van der Waals surface area contributed by atoms with Gasteiger partial charge in [-0.05, 0) is 0 Å². The smallest absolute Gasteiger partial charge is 0.430 e. The Balaban J connectivity index is 3.42. The van der Waals surface area contributed by atoms with E-state index in [-0.39, 0.29) is 22.9 Å². The molecule has 0 amide bonds. The second-order valence-electron chi connectivity index (χ2n) is 2.55. The van der Waals surface area contributed by atoms with Crippen LogP contribution in [0, 0.1) is 15.5 Å². The number of rotatable bonds is 3. The molecular formula is C8H8N3O4+. The van der Waals surface area contributed by atoms with E-state index in [1.54, 1.807) is 0 Å². The zero-order valence-corrected chi connectivity index (χ0v) is 8.13. The Morgan fingerprint density at radius 3 is 2.33 bits per heavy atom. The van der Waals surface area contributed by atoms with Crippen LogP contribution < -0.4 is 9.47 Å². The first-order valence-electron chi connectivity index (χ1n) is 3.89. The van der Waals surface area contributed by atoms with Gasteiger partial charge in [-0.2, -0.15) is 0 Å². The minimum Gasteiger partial charge on any atom is -0.490 e. The van der Waals surface area contributed by atoms with Crippen LogP contribution in [0.3, 0.4) is 0 Å². The molecule has 0 aliphatic carbocycles. The molecule has 0 aliphatic heterocycles. The summed E-state index contributed by atoms with van der Waals surface area (Å²) in [4.78, 5) is 12.9. The van der Waals surface area contributed by atoms with Crippen LogP contribution in [0.25, 0.3) is 4.98 Å². The molecule has 0 fully saturated rings. The summed E-state index contributed by atoms with van der Waals surface area (Å²) in [5, 5.41) is 19.2. The molecule has 0 unspecified atom stereocenters. The first-order valence-corrected chi connectivity index (χ1v) is 3.89. The molecule has 7 nitrogen and oxygen atoms in total. The zero-order chi connectivity index (χ0) is 11.4. The van der Waals surface area contributed by atoms with E-state index in [1.807, 2.05) is 0 Å². The van der Waals surface area contributed by atoms with Crippen molar-refractivity contribution in [2.75, 3.05) is 14.2 Å². The van der Waals surface area contributed by atoms with Gasteiger partial charge in [0.1, 0.15) is 0 Å². The van der Waals surface area contributed by atoms with E-state index in [1.165, 1.54) is 20.3 Å². The first-order chi connectivity index (χ1) is 7.13. The Morgan fingerprint density at radius 2 is 1.93 bits per heavy atom. The maximum absolute atomic E-state index is 10.6. The van der Waals surface area contributed by atoms with Crippen LogP contribution in [-0.2, 0) is 0 Å². The van der Waals surface area contributed by atoms with Crippen molar-refractivity contribution in [2.45, 2.75) is 0 Å². The highest BCUT2D eigenvalue weighted by atomic mass is 16.6. The molecule has 78 valence electrons. The highest BCUT2D eigenvalue weighted by Gasteiger charge is 2.25. The van der Waals surface area contributed by atoms with Crippen molar-refractivity contribution in [1.82, 2.24) is 0 Å². The number of methoxy groups -OCH3 is 2. The average Bonchev–Trinajstić information content (AvgIpc) is 2.26. The van der Waals surface area contributed by atoms with Gasteiger partial charge in [0.05, 0.1) is 31.3 Å². The fraction of sp³-hybridized carbons (Fsp3) is 0.250. The number of nitrogens with zero attached hydrogens (tertiary/aromatic N) is 3. The summed E-state index contributed by atoms with van der Waals surface area (Å²) in [7, 11) is 2.61. The molecule has 0 saturated carbocycles. The van der Waals surface area contributed by atoms with Gasteiger partial charge in [0.25, 0.3) is 0 Å². The number of ether oxygens (including phenoxy) is 2. The summed E-state index contributed by atoms with van der Waals surface area (Å²) in [6, 6.07) is 2.35. The molecule has 0 radical (unpaired) electrons. The molecule has 0 N–H and O–H groups in total. The Kier molecular flexibility index (Phi) is 3.03. The second kappa shape index (κ2) is 4.23. The summed E-state index contributed by atoms with van der Waals surface area (Å²) in [6.07, 6.45) is 0. The Hall–Kier alpha value is -2.36. The van der Waals surface area contributed by atoms with Crippen molar-refractivity contribution in [2.24, 2.45) is 0 Å². The van der Waals surface area contributed by atoms with Crippen LogP contribution >= 0.6 is 0 Å². The number of hydrogen-bond donors (Lipinski definition) is 0. The second-order valence-corrected chi connectivity index (χ2v) is 2.55. The van der Waals surface area contributed by atoms with Gasteiger partial charge in [-0.1, -0.05) is 0 Å². The summed E-state index contributed by atoms with van der Waals surface area (Å²) in [6.45, 7) is 0. The van der Waals surface area contributed by atoms with Gasteiger partial charge in [-0.25, -0.2) is 0 Å². The van der Waals surface area contributed by atoms with Crippen molar-refractivity contribution in [3.63, 3.8) is 0 Å². The minimum atomic E-state index is -0.609. The average molecular weight is 210 g/mol. The van der Waals surface area contributed by atoms with Crippen molar-refractivity contribution in [3.8, 4) is 11.5 Å². The van der Waals surface area contributed by atoms with Crippen LogP contribution in [-0.4, -0.2) is 19.1 Å². The maximum atomic E-state index is 10.6. The van der Waals surface area contributed by atoms with Gasteiger partial charge >= 0.3 is 11.4 Å². The Labute approximate surface area is 85.0 Å². The molecule has 0 aromatic heterocycles. The Morgan fingerprint density at radius 1 is 1.33 bits per heavy atom. The topological polar surface area (TPSA) is 89.8 Å². The molecule has 0 spiro atoms. The van der Waals surface area contributed by atoms with E-state index >= 15 is 0 Å². The lowest BCUT2D eigenvalue weighted by Crippen LogP contribution is -1.94. The fourth-order valence-electron chi connectivity index (χ4n) is 1.09. The monoisotopic (exact) mass is 210 g/mol. The standard InChI is InChI=1S/C8H8N3O4/c1-14-7-4-6(11(12)13)8(15-2)3-5(7)10-9/h3-4H,1-2H3/q+1. The van der Waals surface area contributed by atoms with Crippen LogP contribution in [0.2, 0.25) is 0 Å². The highest BCUT2D eigenvalue weighted by molar-refractivity contribution is 5.67. The van der Waals surface area contributed by atoms with Gasteiger partial charge in [-0.15, -0.1) is 0 Å². The van der Waals surface area contributed by atoms with Crippen LogP contribution in [0.5, 0.6) is 11.5 Å². The predicted octanol–water partition coefficient (Wildman–Crippen LogP) is 2.10. The lowest BCUT2D eigenvalue weighted by atomic mass is 10.2. The van der Waals surface area contributed by atoms with E-state index in [0.717, 1.165) is 6.07 Å². The third-order valence-corrected chi connectivity index (χ3v) is 1.78. The fourth-order valence-corrected chi connectivity index (χ4v) is 1.09. The van der Waals surface area contributed by atoms with Crippen molar-refractivity contribution in [1.29, 1.82) is 5.39 Å². The minimum absolute atomic E-state index is 0.00796. The number of hydrogen-bond acceptors (Lipinski definition) is 5. The predicted molar refractivity (Wildman–Crippen MR) is 50.9 cm³/mol. The molecule has 0 bridgehead atoms. The quantitative estimate of drug-likeness (QED) is 0.432. The largest absolute Gasteiger partial charge is 0.490 e. The van der Waals surface area contributed by atoms with E-state index in [2.05, 4.69) is 4.98 Å². The number of benzene rings is 1. The molecule has 15 heavy (non-hydrogen) atoms. The highest BCUT2D eigenvalue weighted by Crippen LogP contribution is 2.38. The summed E-state index contributed by atoms with van der Waals surface area (Å²) in [5.74, 6) is 0.110. The molecule has 7 heteroatoms. The molecular weight excluding hydrogens is 202 g/mol. The maximum Gasteiger partial charge on any atom is 0.430 e. The lowest BCUT2D eigenvalue weighted by Gasteiger charge is -2.01. The van der Waals surface area contributed by atoms with Crippen LogP contribution in [0.1, 0.15) is 0 Å². The van der Waals surface area contributed by atoms with Gasteiger partial charge in [0, 0.05) is 0 Å². The van der Waals surface area contributed by atoms with Gasteiger partial charge in [-0.3, -0.25) is 10.1 Å². The van der Waals surface area contributed by atoms with Gasteiger partial charge in [0.15, 0.2) is 4.98 Å². The number of nitro groups is 1. The molecule has 1 aromatic carbocycles. The van der Waals surface area contributed by atoms with Crippen molar-refractivity contribution >= 4 is 11.4 Å².